The molecule has 0 fully saturated rings. The number of nitro benzene ring substituents is 1. The maximum atomic E-state index is 10.8. The smallest absolute Gasteiger partial charge is 0.293 e. The fraction of sp³-hybridized carbons (Fsp3) is 0.100. The van der Waals surface area contributed by atoms with E-state index in [-0.39, 0.29) is 5.69 Å². The van der Waals surface area contributed by atoms with E-state index in [9.17, 15) is 10.1 Å². The lowest BCUT2D eigenvalue weighted by Gasteiger charge is -2.03. The molecule has 0 saturated carbocycles. The summed E-state index contributed by atoms with van der Waals surface area (Å²) in [5.74, 6) is 0. The van der Waals surface area contributed by atoms with Gasteiger partial charge in [-0.2, -0.15) is 0 Å². The number of anilines is 1. The van der Waals surface area contributed by atoms with Crippen molar-refractivity contribution in [2.45, 2.75) is 6.92 Å². The predicted molar refractivity (Wildman–Crippen MR) is 58.1 cm³/mol. The van der Waals surface area contributed by atoms with Crippen LogP contribution < -0.4 is 5.32 Å². The second kappa shape index (κ2) is 3.53. The highest BCUT2D eigenvalue weighted by Gasteiger charge is 2.16. The Morgan fingerprint density at radius 1 is 1.47 bits per heavy atom. The summed E-state index contributed by atoms with van der Waals surface area (Å²) < 4.78 is 0. The number of benzene rings is 1. The topological polar surface area (TPSA) is 67.5 Å². The Morgan fingerprint density at radius 2 is 2.27 bits per heavy atom. The first-order valence-corrected chi connectivity index (χ1v) is 4.43. The largest absolute Gasteiger partial charge is 0.354 e. The molecule has 1 heterocycles. The molecule has 0 bridgehead atoms. The third-order valence-electron chi connectivity index (χ3n) is 2.10. The Hall–Kier alpha value is -2.17. The monoisotopic (exact) mass is 203 g/mol. The van der Waals surface area contributed by atoms with Crippen LogP contribution >= 0.6 is 0 Å². The van der Waals surface area contributed by atoms with Gasteiger partial charge in [-0.25, -0.2) is 0 Å². The quantitative estimate of drug-likeness (QED) is 0.562. The average molecular weight is 203 g/mol. The lowest BCUT2D eigenvalue weighted by molar-refractivity contribution is -0.383. The van der Waals surface area contributed by atoms with Gasteiger partial charge >= 0.3 is 0 Å². The normalized spacial score (nSPS) is 13.5. The third kappa shape index (κ3) is 1.71. The van der Waals surface area contributed by atoms with E-state index in [0.29, 0.717) is 5.69 Å². The van der Waals surface area contributed by atoms with Crippen LogP contribution in [0.25, 0.3) is 0 Å². The van der Waals surface area contributed by atoms with Crippen LogP contribution in [0.3, 0.4) is 0 Å². The van der Waals surface area contributed by atoms with E-state index < -0.39 is 4.92 Å². The molecule has 76 valence electrons. The Morgan fingerprint density at radius 3 is 3.00 bits per heavy atom. The van der Waals surface area contributed by atoms with Crippen LogP contribution in [0.1, 0.15) is 12.5 Å². The molecule has 0 unspecified atom stereocenters. The number of rotatable bonds is 1. The van der Waals surface area contributed by atoms with Crippen LogP contribution in [0.4, 0.5) is 11.4 Å². The fourth-order valence-electron chi connectivity index (χ4n) is 1.36. The molecule has 0 amide bonds. The van der Waals surface area contributed by atoms with Crippen molar-refractivity contribution in [3.05, 3.63) is 45.8 Å². The molecule has 1 aliphatic rings. The van der Waals surface area contributed by atoms with Gasteiger partial charge < -0.3 is 5.32 Å². The number of nitro groups is 1. The zero-order chi connectivity index (χ0) is 10.8. The van der Waals surface area contributed by atoms with Crippen molar-refractivity contribution in [3.63, 3.8) is 0 Å². The van der Waals surface area contributed by atoms with E-state index in [1.54, 1.807) is 24.5 Å². The number of allylic oxidation sites excluding steroid dienone is 1. The summed E-state index contributed by atoms with van der Waals surface area (Å²) in [4.78, 5) is 14.5. The summed E-state index contributed by atoms with van der Waals surface area (Å²) in [6, 6.07) is 4.89. The predicted octanol–water partition coefficient (Wildman–Crippen LogP) is 2.30. The van der Waals surface area contributed by atoms with E-state index in [1.165, 1.54) is 6.07 Å². The van der Waals surface area contributed by atoms with Crippen molar-refractivity contribution in [1.29, 1.82) is 0 Å². The first-order valence-electron chi connectivity index (χ1n) is 4.43. The minimum Gasteiger partial charge on any atom is -0.354 e. The van der Waals surface area contributed by atoms with E-state index in [0.717, 1.165) is 11.3 Å². The number of nitrogens with zero attached hydrogens (tertiary/aromatic N) is 2. The molecular weight excluding hydrogens is 194 g/mol. The molecule has 5 nitrogen and oxygen atoms in total. The Labute approximate surface area is 86.3 Å². The first-order chi connectivity index (χ1) is 7.18. The number of hydrogen-bond acceptors (Lipinski definition) is 4. The highest BCUT2D eigenvalue weighted by molar-refractivity contribution is 5.92. The summed E-state index contributed by atoms with van der Waals surface area (Å²) in [6.07, 6.45) is 3.27. The first kappa shape index (κ1) is 9.39. The van der Waals surface area contributed by atoms with Gasteiger partial charge in [0.2, 0.25) is 0 Å². The van der Waals surface area contributed by atoms with Crippen LogP contribution in [0, 0.1) is 10.1 Å². The van der Waals surface area contributed by atoms with Crippen molar-refractivity contribution >= 4 is 17.6 Å². The number of fused-ring (bicyclic) bond motifs is 1. The molecule has 0 aliphatic carbocycles. The summed E-state index contributed by atoms with van der Waals surface area (Å²) in [6.45, 7) is 1.82. The second-order valence-corrected chi connectivity index (χ2v) is 3.19. The molecule has 0 aromatic heterocycles. The van der Waals surface area contributed by atoms with E-state index in [1.807, 2.05) is 6.92 Å². The highest BCUT2D eigenvalue weighted by atomic mass is 16.6. The summed E-state index contributed by atoms with van der Waals surface area (Å²) >= 11 is 0. The summed E-state index contributed by atoms with van der Waals surface area (Å²) in [7, 11) is 0. The van der Waals surface area contributed by atoms with Crippen molar-refractivity contribution in [2.75, 3.05) is 5.32 Å². The molecule has 5 heteroatoms. The number of nitrogens with one attached hydrogen (secondary N) is 1. The van der Waals surface area contributed by atoms with Crippen LogP contribution in [0.5, 0.6) is 0 Å². The highest BCUT2D eigenvalue weighted by Crippen LogP contribution is 2.28. The van der Waals surface area contributed by atoms with Crippen LogP contribution in [-0.2, 0) is 0 Å². The van der Waals surface area contributed by atoms with Gasteiger partial charge in [-0.15, -0.1) is 0 Å². The van der Waals surface area contributed by atoms with Gasteiger partial charge in [0.15, 0.2) is 0 Å². The standard InChI is InChI=1S/C10H9N3O2/c1-7-5-12-10-8(6-11-7)3-2-4-9(10)13(14)15/h2-6,12H,1H3. The van der Waals surface area contributed by atoms with E-state index in [2.05, 4.69) is 10.3 Å². The number of para-hydroxylation sites is 1. The van der Waals surface area contributed by atoms with Crippen molar-refractivity contribution < 1.29 is 4.92 Å². The molecule has 15 heavy (non-hydrogen) atoms. The lowest BCUT2D eigenvalue weighted by atomic mass is 10.1. The molecule has 0 spiro atoms. The van der Waals surface area contributed by atoms with Crippen LogP contribution in [-0.4, -0.2) is 11.1 Å². The Bertz CT molecular complexity index is 478. The maximum Gasteiger partial charge on any atom is 0.293 e. The fourth-order valence-corrected chi connectivity index (χ4v) is 1.36. The number of aliphatic imine (C=N–C) groups is 1. The van der Waals surface area contributed by atoms with Gasteiger partial charge in [0.05, 0.1) is 10.6 Å². The third-order valence-corrected chi connectivity index (χ3v) is 2.10. The molecule has 1 aromatic rings. The molecule has 0 radical (unpaired) electrons. The van der Waals surface area contributed by atoms with E-state index in [4.69, 9.17) is 0 Å². The molecule has 0 atom stereocenters. The van der Waals surface area contributed by atoms with Gasteiger partial charge in [0.25, 0.3) is 5.69 Å². The Kier molecular flexibility index (Phi) is 2.21. The Balaban J connectivity index is 2.58. The van der Waals surface area contributed by atoms with Gasteiger partial charge in [-0.3, -0.25) is 15.1 Å². The van der Waals surface area contributed by atoms with Gasteiger partial charge in [0.1, 0.15) is 5.69 Å². The maximum absolute atomic E-state index is 10.8. The summed E-state index contributed by atoms with van der Waals surface area (Å²) in [5, 5.41) is 13.7. The molecule has 0 saturated heterocycles. The number of hydrogen-bond donors (Lipinski definition) is 1. The second-order valence-electron chi connectivity index (χ2n) is 3.19. The molecule has 1 aliphatic heterocycles. The van der Waals surface area contributed by atoms with Crippen molar-refractivity contribution in [1.82, 2.24) is 0 Å². The SMILES string of the molecule is CC1=CNc2c(cccc2[N+](=O)[O-])C=N1. The molecule has 1 N–H and O–H groups in total. The molecular formula is C10H9N3O2. The zero-order valence-corrected chi connectivity index (χ0v) is 8.10. The minimum atomic E-state index is -0.409. The van der Waals surface area contributed by atoms with Crippen LogP contribution in [0.15, 0.2) is 35.1 Å². The summed E-state index contributed by atoms with van der Waals surface area (Å²) in [5.41, 5.74) is 2.05. The van der Waals surface area contributed by atoms with Gasteiger partial charge in [0, 0.05) is 24.0 Å². The molecule has 1 aromatic carbocycles. The van der Waals surface area contributed by atoms with E-state index >= 15 is 0 Å². The zero-order valence-electron chi connectivity index (χ0n) is 8.10. The van der Waals surface area contributed by atoms with Gasteiger partial charge in [-0.05, 0) is 6.92 Å². The van der Waals surface area contributed by atoms with Crippen molar-refractivity contribution in [3.8, 4) is 0 Å². The average Bonchev–Trinajstić information content (AvgIpc) is 2.40. The van der Waals surface area contributed by atoms with Gasteiger partial charge in [-0.1, -0.05) is 12.1 Å². The molecule has 2 rings (SSSR count). The van der Waals surface area contributed by atoms with Crippen molar-refractivity contribution in [2.24, 2.45) is 4.99 Å². The van der Waals surface area contributed by atoms with Crippen LogP contribution in [0.2, 0.25) is 0 Å². The lowest BCUT2D eigenvalue weighted by Crippen LogP contribution is -1.98. The minimum absolute atomic E-state index is 0.0601.